The lowest BCUT2D eigenvalue weighted by atomic mass is 9.78. The minimum Gasteiger partial charge on any atom is -0.468 e. The summed E-state index contributed by atoms with van der Waals surface area (Å²) in [5.41, 5.74) is -0.284. The molecule has 2 aliphatic heterocycles. The summed E-state index contributed by atoms with van der Waals surface area (Å²) in [4.78, 5) is 40.4. The molecule has 1 aromatic carbocycles. The van der Waals surface area contributed by atoms with Crippen LogP contribution in [0.15, 0.2) is 30.3 Å². The van der Waals surface area contributed by atoms with Crippen molar-refractivity contribution in [2.45, 2.75) is 38.4 Å². The van der Waals surface area contributed by atoms with Gasteiger partial charge in [-0.25, -0.2) is 0 Å². The molecule has 4 atom stereocenters. The Morgan fingerprint density at radius 1 is 1.22 bits per heavy atom. The normalized spacial score (nSPS) is 29.9. The van der Waals surface area contributed by atoms with Crippen molar-refractivity contribution in [3.05, 3.63) is 35.9 Å². The van der Waals surface area contributed by atoms with E-state index in [0.29, 0.717) is 13.0 Å². The average Bonchev–Trinajstić information content (AvgIpc) is 3.16. The predicted molar refractivity (Wildman–Crippen MR) is 99.5 cm³/mol. The number of amides is 2. The summed E-state index contributed by atoms with van der Waals surface area (Å²) in [7, 11) is 1.32. The van der Waals surface area contributed by atoms with Crippen LogP contribution < -0.4 is 10.6 Å². The molecule has 2 saturated heterocycles. The van der Waals surface area contributed by atoms with E-state index in [2.05, 4.69) is 10.6 Å². The third-order valence-electron chi connectivity index (χ3n) is 5.75. The van der Waals surface area contributed by atoms with Gasteiger partial charge >= 0.3 is 5.97 Å². The summed E-state index contributed by atoms with van der Waals surface area (Å²) in [6.45, 7) is 5.29. The van der Waals surface area contributed by atoms with Crippen molar-refractivity contribution in [3.8, 4) is 0 Å². The molecule has 0 bridgehead atoms. The molecule has 2 N–H and O–H groups in total. The SMILES string of the molecule is CCNC[C@H]1N[C@@](CC)(C(=O)OC)[C@H]2C(=O)N(Cc3ccccc3)C(=O)[C@@H]12. The van der Waals surface area contributed by atoms with Gasteiger partial charge in [0.15, 0.2) is 0 Å². The van der Waals surface area contributed by atoms with E-state index in [1.54, 1.807) is 0 Å². The molecule has 27 heavy (non-hydrogen) atoms. The molecule has 0 radical (unpaired) electrons. The van der Waals surface area contributed by atoms with Crippen molar-refractivity contribution in [1.29, 1.82) is 0 Å². The number of benzene rings is 1. The summed E-state index contributed by atoms with van der Waals surface area (Å²) in [6.07, 6.45) is 0.377. The quantitative estimate of drug-likeness (QED) is 0.540. The first kappa shape index (κ1) is 19.5. The first-order chi connectivity index (χ1) is 13.0. The Labute approximate surface area is 159 Å². The van der Waals surface area contributed by atoms with Crippen LogP contribution in [-0.4, -0.2) is 54.5 Å². The standard InChI is InChI=1S/C20H27N3O4/c1-4-20(19(26)27-3)16-15(14(22-20)11-21-5-2)17(24)23(18(16)25)12-13-9-7-6-8-10-13/h6-10,14-16,21-22H,4-5,11-12H2,1-3H3/t14-,15+,16-,20-/m1/s1. The molecule has 0 saturated carbocycles. The summed E-state index contributed by atoms with van der Waals surface area (Å²) in [5, 5.41) is 6.51. The Hall–Kier alpha value is -2.25. The number of hydrogen-bond acceptors (Lipinski definition) is 6. The predicted octanol–water partition coefficient (Wildman–Crippen LogP) is 0.691. The molecule has 2 fully saturated rings. The fourth-order valence-electron chi connectivity index (χ4n) is 4.42. The zero-order chi connectivity index (χ0) is 19.6. The molecule has 7 nitrogen and oxygen atoms in total. The minimum absolute atomic E-state index is 0.219. The number of hydrogen-bond donors (Lipinski definition) is 2. The largest absolute Gasteiger partial charge is 0.468 e. The summed E-state index contributed by atoms with van der Waals surface area (Å²) in [6, 6.07) is 9.11. The van der Waals surface area contributed by atoms with Crippen LogP contribution in [0.1, 0.15) is 25.8 Å². The van der Waals surface area contributed by atoms with Crippen molar-refractivity contribution < 1.29 is 19.1 Å². The van der Waals surface area contributed by atoms with Crippen molar-refractivity contribution in [1.82, 2.24) is 15.5 Å². The molecule has 2 amide bonds. The van der Waals surface area contributed by atoms with E-state index in [-0.39, 0.29) is 24.4 Å². The highest BCUT2D eigenvalue weighted by atomic mass is 16.5. The second kappa shape index (κ2) is 7.78. The van der Waals surface area contributed by atoms with Gasteiger partial charge in [0.1, 0.15) is 5.54 Å². The number of rotatable bonds is 7. The zero-order valence-electron chi connectivity index (χ0n) is 16.0. The summed E-state index contributed by atoms with van der Waals surface area (Å²) in [5.74, 6) is -2.31. The number of nitrogens with one attached hydrogen (secondary N) is 2. The Morgan fingerprint density at radius 2 is 1.93 bits per heavy atom. The third-order valence-corrected chi connectivity index (χ3v) is 5.75. The van der Waals surface area contributed by atoms with E-state index in [4.69, 9.17) is 4.74 Å². The highest BCUT2D eigenvalue weighted by Gasteiger charge is 2.67. The number of imide groups is 1. The first-order valence-electron chi connectivity index (χ1n) is 9.46. The lowest BCUT2D eigenvalue weighted by Gasteiger charge is -2.31. The molecule has 1 aromatic rings. The number of nitrogens with zero attached hydrogens (tertiary/aromatic N) is 1. The number of ether oxygens (including phenoxy) is 1. The Morgan fingerprint density at radius 3 is 2.52 bits per heavy atom. The van der Waals surface area contributed by atoms with E-state index < -0.39 is 23.3 Å². The molecular formula is C20H27N3O4. The number of carbonyl (C=O) groups is 3. The maximum atomic E-state index is 13.3. The molecule has 3 rings (SSSR count). The third kappa shape index (κ3) is 3.15. The molecule has 0 unspecified atom stereocenters. The Bertz CT molecular complexity index is 723. The highest BCUT2D eigenvalue weighted by Crippen LogP contribution is 2.45. The van der Waals surface area contributed by atoms with Gasteiger partial charge in [0.05, 0.1) is 25.5 Å². The van der Waals surface area contributed by atoms with Gasteiger partial charge in [0.25, 0.3) is 0 Å². The van der Waals surface area contributed by atoms with Gasteiger partial charge in [-0.05, 0) is 18.5 Å². The lowest BCUT2D eigenvalue weighted by Crippen LogP contribution is -2.57. The molecule has 0 spiro atoms. The van der Waals surface area contributed by atoms with E-state index in [0.717, 1.165) is 12.1 Å². The Kier molecular flexibility index (Phi) is 5.62. The molecule has 146 valence electrons. The van der Waals surface area contributed by atoms with Crippen LogP contribution in [-0.2, 0) is 25.7 Å². The van der Waals surface area contributed by atoms with Crippen molar-refractivity contribution in [2.24, 2.45) is 11.8 Å². The fourth-order valence-corrected chi connectivity index (χ4v) is 4.42. The van der Waals surface area contributed by atoms with E-state index in [1.165, 1.54) is 12.0 Å². The van der Waals surface area contributed by atoms with Gasteiger partial charge in [0.2, 0.25) is 11.8 Å². The number of esters is 1. The van der Waals surface area contributed by atoms with Gasteiger partial charge in [-0.15, -0.1) is 0 Å². The number of likely N-dealkylation sites (N-methyl/N-ethyl adjacent to an activating group) is 1. The van der Waals surface area contributed by atoms with Crippen LogP contribution in [0.5, 0.6) is 0 Å². The van der Waals surface area contributed by atoms with Crippen LogP contribution in [0, 0.1) is 11.8 Å². The molecule has 0 aliphatic carbocycles. The smallest absolute Gasteiger partial charge is 0.326 e. The minimum atomic E-state index is -1.17. The van der Waals surface area contributed by atoms with Crippen LogP contribution in [0.25, 0.3) is 0 Å². The van der Waals surface area contributed by atoms with Gasteiger partial charge in [-0.3, -0.25) is 24.6 Å². The van der Waals surface area contributed by atoms with E-state index in [1.807, 2.05) is 44.2 Å². The summed E-state index contributed by atoms with van der Waals surface area (Å²) >= 11 is 0. The van der Waals surface area contributed by atoms with Crippen LogP contribution in [0.4, 0.5) is 0 Å². The van der Waals surface area contributed by atoms with Gasteiger partial charge in [-0.2, -0.15) is 0 Å². The van der Waals surface area contributed by atoms with Gasteiger partial charge < -0.3 is 10.1 Å². The zero-order valence-corrected chi connectivity index (χ0v) is 16.0. The van der Waals surface area contributed by atoms with Crippen molar-refractivity contribution >= 4 is 17.8 Å². The van der Waals surface area contributed by atoms with E-state index >= 15 is 0 Å². The van der Waals surface area contributed by atoms with E-state index in [9.17, 15) is 14.4 Å². The van der Waals surface area contributed by atoms with Crippen molar-refractivity contribution in [3.63, 3.8) is 0 Å². The van der Waals surface area contributed by atoms with Crippen LogP contribution in [0.3, 0.4) is 0 Å². The second-order valence-electron chi connectivity index (χ2n) is 7.13. The molecule has 7 heteroatoms. The molecule has 0 aromatic heterocycles. The second-order valence-corrected chi connectivity index (χ2v) is 7.13. The first-order valence-corrected chi connectivity index (χ1v) is 9.46. The maximum absolute atomic E-state index is 13.3. The van der Waals surface area contributed by atoms with Gasteiger partial charge in [-0.1, -0.05) is 44.2 Å². The Balaban J connectivity index is 1.96. The molecular weight excluding hydrogens is 346 g/mol. The number of methoxy groups -OCH3 is 1. The maximum Gasteiger partial charge on any atom is 0.326 e. The highest BCUT2D eigenvalue weighted by molar-refractivity contribution is 6.09. The fraction of sp³-hybridized carbons (Fsp3) is 0.550. The number of likely N-dealkylation sites (tertiary alicyclic amines) is 1. The lowest BCUT2D eigenvalue weighted by molar-refractivity contribution is -0.154. The average molecular weight is 373 g/mol. The molecule has 2 aliphatic rings. The monoisotopic (exact) mass is 373 g/mol. The molecule has 2 heterocycles. The van der Waals surface area contributed by atoms with Crippen molar-refractivity contribution in [2.75, 3.05) is 20.2 Å². The number of fused-ring (bicyclic) bond motifs is 1. The summed E-state index contributed by atoms with van der Waals surface area (Å²) < 4.78 is 5.02. The van der Waals surface area contributed by atoms with Crippen LogP contribution >= 0.6 is 0 Å². The topological polar surface area (TPSA) is 87.7 Å². The number of carbonyl (C=O) groups excluding carboxylic acids is 3. The van der Waals surface area contributed by atoms with Gasteiger partial charge in [0, 0.05) is 12.6 Å². The van der Waals surface area contributed by atoms with Crippen LogP contribution in [0.2, 0.25) is 0 Å².